The summed E-state index contributed by atoms with van der Waals surface area (Å²) >= 11 is 1.93. The van der Waals surface area contributed by atoms with Crippen molar-refractivity contribution in [3.05, 3.63) is 35.9 Å². The van der Waals surface area contributed by atoms with Crippen LogP contribution in [-0.4, -0.2) is 53.8 Å². The fraction of sp³-hybridized carbons (Fsp3) is 0.625. The summed E-state index contributed by atoms with van der Waals surface area (Å²) in [5, 5.41) is 12.4. The smallest absolute Gasteiger partial charge is 0.0438 e. The number of hydrogen-bond donors (Lipinski definition) is 2. The maximum Gasteiger partial charge on any atom is 0.0438 e. The summed E-state index contributed by atoms with van der Waals surface area (Å²) in [6.07, 6.45) is 2.17. The third kappa shape index (κ3) is 5.83. The molecule has 1 atom stereocenters. The van der Waals surface area contributed by atoms with E-state index >= 15 is 0 Å². The van der Waals surface area contributed by atoms with Gasteiger partial charge >= 0.3 is 0 Å². The van der Waals surface area contributed by atoms with E-state index in [1.54, 1.807) is 0 Å². The number of rotatable bonds is 9. The van der Waals surface area contributed by atoms with Crippen LogP contribution in [0.2, 0.25) is 0 Å². The highest BCUT2D eigenvalue weighted by Crippen LogP contribution is 2.13. The van der Waals surface area contributed by atoms with E-state index in [0.717, 1.165) is 37.6 Å². The summed E-state index contributed by atoms with van der Waals surface area (Å²) in [5.74, 6) is 2.22. The standard InChI is InChI=1S/C16H26N2OS/c19-10-4-11-20-12-8-17-16-7-9-18(14-16)13-15-5-2-1-3-6-15/h1-3,5-6,16-17,19H,4,7-14H2. The molecule has 2 rings (SSSR count). The van der Waals surface area contributed by atoms with Crippen molar-refractivity contribution < 1.29 is 5.11 Å². The van der Waals surface area contributed by atoms with E-state index in [1.165, 1.54) is 18.5 Å². The molecule has 0 amide bonds. The van der Waals surface area contributed by atoms with Gasteiger partial charge in [-0.2, -0.15) is 11.8 Å². The van der Waals surface area contributed by atoms with Crippen molar-refractivity contribution in [2.24, 2.45) is 0 Å². The molecule has 1 fully saturated rings. The molecule has 4 heteroatoms. The van der Waals surface area contributed by atoms with Crippen LogP contribution in [0.4, 0.5) is 0 Å². The second-order valence-electron chi connectivity index (χ2n) is 5.35. The van der Waals surface area contributed by atoms with Crippen molar-refractivity contribution in [2.75, 3.05) is 37.7 Å². The van der Waals surface area contributed by atoms with Gasteiger partial charge in [0.05, 0.1) is 0 Å². The molecule has 1 aromatic carbocycles. The molecule has 0 bridgehead atoms. The lowest BCUT2D eigenvalue weighted by Gasteiger charge is -2.16. The molecule has 1 aromatic rings. The Balaban J connectivity index is 1.56. The molecule has 1 saturated heterocycles. The number of thioether (sulfide) groups is 1. The summed E-state index contributed by atoms with van der Waals surface area (Å²) in [4.78, 5) is 2.53. The van der Waals surface area contributed by atoms with E-state index < -0.39 is 0 Å². The topological polar surface area (TPSA) is 35.5 Å². The van der Waals surface area contributed by atoms with Crippen LogP contribution in [0.25, 0.3) is 0 Å². The van der Waals surface area contributed by atoms with Crippen LogP contribution in [0.15, 0.2) is 30.3 Å². The zero-order valence-electron chi connectivity index (χ0n) is 12.1. The molecule has 0 spiro atoms. The molecule has 1 unspecified atom stereocenters. The van der Waals surface area contributed by atoms with Gasteiger partial charge in [-0.1, -0.05) is 30.3 Å². The van der Waals surface area contributed by atoms with Gasteiger partial charge < -0.3 is 10.4 Å². The Hall–Kier alpha value is -0.550. The van der Waals surface area contributed by atoms with Gasteiger partial charge in [0.2, 0.25) is 0 Å². The summed E-state index contributed by atoms with van der Waals surface area (Å²) in [7, 11) is 0. The zero-order valence-corrected chi connectivity index (χ0v) is 12.9. The Morgan fingerprint density at radius 1 is 1.25 bits per heavy atom. The SMILES string of the molecule is OCCCSCCNC1CCN(Cc2ccccc2)C1. The number of hydrogen-bond acceptors (Lipinski definition) is 4. The minimum atomic E-state index is 0.317. The Morgan fingerprint density at radius 2 is 2.10 bits per heavy atom. The Bertz CT molecular complexity index is 361. The molecular weight excluding hydrogens is 268 g/mol. The zero-order chi connectivity index (χ0) is 14.0. The predicted octanol–water partition coefficient (Wildman–Crippen LogP) is 1.97. The van der Waals surface area contributed by atoms with Gasteiger partial charge in [0.25, 0.3) is 0 Å². The lowest BCUT2D eigenvalue weighted by molar-refractivity contribution is 0.296. The molecule has 0 saturated carbocycles. The van der Waals surface area contributed by atoms with Gasteiger partial charge in [0.1, 0.15) is 0 Å². The summed E-state index contributed by atoms with van der Waals surface area (Å²) < 4.78 is 0. The second kappa shape index (κ2) is 9.40. The highest BCUT2D eigenvalue weighted by Gasteiger charge is 2.21. The third-order valence-corrected chi connectivity index (χ3v) is 4.72. The molecule has 112 valence electrons. The molecule has 1 heterocycles. The van der Waals surface area contributed by atoms with Crippen LogP contribution >= 0.6 is 11.8 Å². The molecule has 1 aliphatic heterocycles. The van der Waals surface area contributed by atoms with Crippen molar-refractivity contribution in [1.82, 2.24) is 10.2 Å². The van der Waals surface area contributed by atoms with Crippen molar-refractivity contribution in [2.45, 2.75) is 25.4 Å². The van der Waals surface area contributed by atoms with Crippen molar-refractivity contribution >= 4 is 11.8 Å². The first-order valence-corrected chi connectivity index (χ1v) is 8.72. The first-order chi connectivity index (χ1) is 9.88. The molecule has 0 aromatic heterocycles. The Labute approximate surface area is 126 Å². The van der Waals surface area contributed by atoms with E-state index in [-0.39, 0.29) is 0 Å². The quantitative estimate of drug-likeness (QED) is 0.683. The first kappa shape index (κ1) is 15.8. The highest BCUT2D eigenvalue weighted by atomic mass is 32.2. The Morgan fingerprint density at radius 3 is 2.90 bits per heavy atom. The van der Waals surface area contributed by atoms with Gasteiger partial charge in [-0.05, 0) is 24.2 Å². The number of aliphatic hydroxyl groups excluding tert-OH is 1. The van der Waals surface area contributed by atoms with E-state index in [4.69, 9.17) is 5.11 Å². The number of nitrogens with one attached hydrogen (secondary N) is 1. The maximum atomic E-state index is 8.71. The van der Waals surface area contributed by atoms with E-state index in [1.807, 2.05) is 11.8 Å². The van der Waals surface area contributed by atoms with Crippen molar-refractivity contribution in [3.8, 4) is 0 Å². The number of benzene rings is 1. The van der Waals surface area contributed by atoms with E-state index in [2.05, 4.69) is 40.5 Å². The minimum Gasteiger partial charge on any atom is -0.396 e. The van der Waals surface area contributed by atoms with Crippen molar-refractivity contribution in [3.63, 3.8) is 0 Å². The normalized spacial score (nSPS) is 19.6. The number of nitrogens with zero attached hydrogens (tertiary/aromatic N) is 1. The van der Waals surface area contributed by atoms with Crippen LogP contribution < -0.4 is 5.32 Å². The summed E-state index contributed by atoms with van der Waals surface area (Å²) in [5.41, 5.74) is 1.41. The average Bonchev–Trinajstić information content (AvgIpc) is 2.91. The minimum absolute atomic E-state index is 0.317. The van der Waals surface area contributed by atoms with Crippen LogP contribution in [0, 0.1) is 0 Å². The van der Waals surface area contributed by atoms with Gasteiger partial charge in [0, 0.05) is 44.6 Å². The predicted molar refractivity (Wildman–Crippen MR) is 87.2 cm³/mol. The van der Waals surface area contributed by atoms with Gasteiger partial charge in [-0.3, -0.25) is 4.90 Å². The lowest BCUT2D eigenvalue weighted by atomic mass is 10.2. The number of aliphatic hydroxyl groups is 1. The second-order valence-corrected chi connectivity index (χ2v) is 6.57. The highest BCUT2D eigenvalue weighted by molar-refractivity contribution is 7.99. The molecule has 2 N–H and O–H groups in total. The molecule has 20 heavy (non-hydrogen) atoms. The van der Waals surface area contributed by atoms with Gasteiger partial charge in [0.15, 0.2) is 0 Å². The fourth-order valence-electron chi connectivity index (χ4n) is 2.59. The molecule has 0 aliphatic carbocycles. The summed E-state index contributed by atoms with van der Waals surface area (Å²) in [6, 6.07) is 11.4. The fourth-order valence-corrected chi connectivity index (χ4v) is 3.39. The molecule has 1 aliphatic rings. The van der Waals surface area contributed by atoms with Crippen LogP contribution in [-0.2, 0) is 6.54 Å². The van der Waals surface area contributed by atoms with Crippen LogP contribution in [0.5, 0.6) is 0 Å². The van der Waals surface area contributed by atoms with Crippen molar-refractivity contribution in [1.29, 1.82) is 0 Å². The Kier molecular flexibility index (Phi) is 7.44. The molecule has 3 nitrogen and oxygen atoms in total. The maximum absolute atomic E-state index is 8.71. The number of likely N-dealkylation sites (tertiary alicyclic amines) is 1. The summed E-state index contributed by atoms with van der Waals surface area (Å²) in [6.45, 7) is 4.84. The average molecular weight is 294 g/mol. The van der Waals surface area contributed by atoms with Gasteiger partial charge in [-0.15, -0.1) is 0 Å². The van der Waals surface area contributed by atoms with E-state index in [9.17, 15) is 0 Å². The lowest BCUT2D eigenvalue weighted by Crippen LogP contribution is -2.33. The van der Waals surface area contributed by atoms with Gasteiger partial charge in [-0.25, -0.2) is 0 Å². The molecule has 0 radical (unpaired) electrons. The van der Waals surface area contributed by atoms with Crippen LogP contribution in [0.1, 0.15) is 18.4 Å². The monoisotopic (exact) mass is 294 g/mol. The van der Waals surface area contributed by atoms with E-state index in [0.29, 0.717) is 12.6 Å². The largest absolute Gasteiger partial charge is 0.396 e. The third-order valence-electron chi connectivity index (χ3n) is 3.65. The molecular formula is C16H26N2OS. The first-order valence-electron chi connectivity index (χ1n) is 7.57. The van der Waals surface area contributed by atoms with Crippen LogP contribution in [0.3, 0.4) is 0 Å².